The Labute approximate surface area is 174 Å². The van der Waals surface area contributed by atoms with Gasteiger partial charge in [0.1, 0.15) is 25.4 Å². The Bertz CT molecular complexity index is 1140. The van der Waals surface area contributed by atoms with Crippen molar-refractivity contribution in [3.05, 3.63) is 63.0 Å². The van der Waals surface area contributed by atoms with E-state index < -0.39 is 22.9 Å². The van der Waals surface area contributed by atoms with Gasteiger partial charge in [0.2, 0.25) is 11.2 Å². The van der Waals surface area contributed by atoms with E-state index >= 15 is 0 Å². The topological polar surface area (TPSA) is 64.1 Å². The molecule has 9 heteroatoms. The van der Waals surface area contributed by atoms with Gasteiger partial charge >= 0.3 is 6.18 Å². The normalized spacial score (nSPS) is 15.6. The minimum atomic E-state index is -4.91. The first-order valence-electron chi connectivity index (χ1n) is 9.32. The van der Waals surface area contributed by atoms with E-state index in [1.165, 1.54) is 36.4 Å². The largest absolute Gasteiger partial charge is 0.507 e. The summed E-state index contributed by atoms with van der Waals surface area (Å²) in [5, 5.41) is 10.6. The maximum absolute atomic E-state index is 13.9. The molecule has 0 aliphatic carbocycles. The van der Waals surface area contributed by atoms with Crippen molar-refractivity contribution in [2.24, 2.45) is 0 Å². The first-order chi connectivity index (χ1) is 14.3. The Morgan fingerprint density at radius 3 is 2.37 bits per heavy atom. The quantitative estimate of drug-likeness (QED) is 0.656. The molecule has 5 nitrogen and oxygen atoms in total. The monoisotopic (exact) mass is 440 g/mol. The highest BCUT2D eigenvalue weighted by molar-refractivity contribution is 6.30. The minimum absolute atomic E-state index is 0.0200. The first kappa shape index (κ1) is 20.7. The number of hydrogen-bond donors (Lipinski definition) is 2. The summed E-state index contributed by atoms with van der Waals surface area (Å²) in [7, 11) is 0. The van der Waals surface area contributed by atoms with Crippen LogP contribution in [-0.2, 0) is 17.5 Å². The summed E-state index contributed by atoms with van der Waals surface area (Å²) in [6.45, 7) is 2.51. The Kier molecular flexibility index (Phi) is 5.48. The lowest BCUT2D eigenvalue weighted by molar-refractivity contribution is -0.921. The predicted molar refractivity (Wildman–Crippen MR) is 105 cm³/mol. The summed E-state index contributed by atoms with van der Waals surface area (Å²) in [5.41, 5.74) is -1.42. The van der Waals surface area contributed by atoms with Gasteiger partial charge in [-0.05, 0) is 29.8 Å². The number of alkyl halides is 3. The molecule has 3 aromatic rings. The number of fused-ring (bicyclic) bond motifs is 1. The summed E-state index contributed by atoms with van der Waals surface area (Å²) < 4.78 is 52.2. The van der Waals surface area contributed by atoms with Crippen molar-refractivity contribution < 1.29 is 32.3 Å². The average Bonchev–Trinajstić information content (AvgIpc) is 2.71. The van der Waals surface area contributed by atoms with Gasteiger partial charge in [-0.2, -0.15) is 13.2 Å². The van der Waals surface area contributed by atoms with Crippen molar-refractivity contribution in [1.82, 2.24) is 0 Å². The molecule has 2 N–H and O–H groups in total. The van der Waals surface area contributed by atoms with E-state index in [2.05, 4.69) is 0 Å². The molecule has 1 saturated heterocycles. The molecule has 1 fully saturated rings. The molecule has 2 heterocycles. The number of phenolic OH excluding ortho intramolecular Hbond substituents is 1. The second kappa shape index (κ2) is 7.94. The highest BCUT2D eigenvalue weighted by Gasteiger charge is 2.40. The molecule has 30 heavy (non-hydrogen) atoms. The number of nitrogens with one attached hydrogen (secondary N) is 1. The fraction of sp³-hybridized carbons (Fsp3) is 0.286. The van der Waals surface area contributed by atoms with Gasteiger partial charge in [-0.25, -0.2) is 0 Å². The summed E-state index contributed by atoms with van der Waals surface area (Å²) in [4.78, 5) is 14.2. The van der Waals surface area contributed by atoms with Crippen LogP contribution in [0, 0.1) is 0 Å². The molecule has 0 amide bonds. The van der Waals surface area contributed by atoms with E-state index in [1.54, 1.807) is 0 Å². The Morgan fingerprint density at radius 1 is 1.07 bits per heavy atom. The second-order valence-electron chi connectivity index (χ2n) is 7.12. The van der Waals surface area contributed by atoms with Gasteiger partial charge in [-0.3, -0.25) is 4.79 Å². The number of ether oxygens (including phenoxy) is 1. The van der Waals surface area contributed by atoms with Crippen molar-refractivity contribution >= 4 is 22.6 Å². The third-order valence-electron chi connectivity index (χ3n) is 5.16. The van der Waals surface area contributed by atoms with E-state index in [1.807, 2.05) is 0 Å². The van der Waals surface area contributed by atoms with Crippen LogP contribution in [0.4, 0.5) is 13.2 Å². The van der Waals surface area contributed by atoms with Crippen LogP contribution in [0.1, 0.15) is 11.3 Å². The number of morpholine rings is 1. The van der Waals surface area contributed by atoms with Gasteiger partial charge in [-0.15, -0.1) is 0 Å². The van der Waals surface area contributed by atoms with Crippen LogP contribution >= 0.6 is 11.6 Å². The number of rotatable bonds is 3. The summed E-state index contributed by atoms with van der Waals surface area (Å²) in [6.07, 6.45) is -4.91. The molecule has 0 spiro atoms. The van der Waals surface area contributed by atoms with Gasteiger partial charge in [0.25, 0.3) is 0 Å². The molecule has 4 rings (SSSR count). The van der Waals surface area contributed by atoms with Gasteiger partial charge in [0, 0.05) is 5.02 Å². The summed E-state index contributed by atoms with van der Waals surface area (Å²) in [6, 6.07) is 8.10. The van der Waals surface area contributed by atoms with Crippen molar-refractivity contribution in [3.63, 3.8) is 0 Å². The third-order valence-corrected chi connectivity index (χ3v) is 5.41. The fourth-order valence-corrected chi connectivity index (χ4v) is 3.77. The smallest absolute Gasteiger partial charge is 0.450 e. The molecular weight excluding hydrogens is 423 g/mol. The number of halogens is 4. The molecule has 1 aliphatic heterocycles. The SMILES string of the molecule is O=c1c(-c2ccc(Cl)cc2)c(C(F)(F)F)oc2c(C[NH+]3CCOCC3)c(O)ccc12. The van der Waals surface area contributed by atoms with Crippen molar-refractivity contribution in [2.75, 3.05) is 26.3 Å². The van der Waals surface area contributed by atoms with E-state index in [9.17, 15) is 23.1 Å². The zero-order chi connectivity index (χ0) is 21.5. The number of hydrogen-bond acceptors (Lipinski definition) is 4. The van der Waals surface area contributed by atoms with E-state index in [-0.39, 0.29) is 34.4 Å². The molecule has 0 unspecified atom stereocenters. The Hall–Kier alpha value is -2.55. The van der Waals surface area contributed by atoms with Gasteiger partial charge in [0.15, 0.2) is 5.58 Å². The second-order valence-corrected chi connectivity index (χ2v) is 7.56. The number of aromatic hydroxyl groups is 1. The maximum atomic E-state index is 13.9. The highest BCUT2D eigenvalue weighted by atomic mass is 35.5. The van der Waals surface area contributed by atoms with Crippen LogP contribution in [0.3, 0.4) is 0 Å². The molecule has 1 aromatic heterocycles. The lowest BCUT2D eigenvalue weighted by Gasteiger charge is -2.24. The fourth-order valence-electron chi connectivity index (χ4n) is 3.64. The molecule has 1 aliphatic rings. The average molecular weight is 441 g/mol. The number of benzene rings is 2. The lowest BCUT2D eigenvalue weighted by Crippen LogP contribution is -3.12. The van der Waals surface area contributed by atoms with Crippen LogP contribution in [0.25, 0.3) is 22.1 Å². The maximum Gasteiger partial charge on any atom is 0.450 e. The van der Waals surface area contributed by atoms with E-state index in [0.717, 1.165) is 4.90 Å². The molecule has 0 bridgehead atoms. The third kappa shape index (κ3) is 3.90. The molecule has 158 valence electrons. The lowest BCUT2D eigenvalue weighted by atomic mass is 10.00. The highest BCUT2D eigenvalue weighted by Crippen LogP contribution is 2.39. The van der Waals surface area contributed by atoms with Gasteiger partial charge in [0.05, 0.1) is 29.7 Å². The van der Waals surface area contributed by atoms with Crippen LogP contribution in [0.15, 0.2) is 45.6 Å². The Balaban J connectivity index is 1.96. The van der Waals surface area contributed by atoms with Crippen molar-refractivity contribution in [2.45, 2.75) is 12.7 Å². The standard InChI is InChI=1S/C21H17ClF3NO4/c22-13-3-1-12(2-4-13)17-18(28)14-5-6-16(27)15(11-26-7-9-29-10-8-26)19(14)30-20(17)21(23,24)25/h1-6,27H,7-11H2/p+1. The van der Waals surface area contributed by atoms with E-state index in [4.69, 9.17) is 20.8 Å². The van der Waals surface area contributed by atoms with Gasteiger partial charge < -0.3 is 19.2 Å². The molecule has 2 aromatic carbocycles. The van der Waals surface area contributed by atoms with Crippen molar-refractivity contribution in [1.29, 1.82) is 0 Å². The molecular formula is C21H18ClF3NO4+. The van der Waals surface area contributed by atoms with Crippen molar-refractivity contribution in [3.8, 4) is 16.9 Å². The van der Waals surface area contributed by atoms with Gasteiger partial charge in [-0.1, -0.05) is 23.7 Å². The summed E-state index contributed by atoms with van der Waals surface area (Å²) >= 11 is 5.83. The zero-order valence-corrected chi connectivity index (χ0v) is 16.4. The van der Waals surface area contributed by atoms with Crippen LogP contribution in [-0.4, -0.2) is 31.4 Å². The number of phenols is 1. The molecule has 0 atom stereocenters. The number of quaternary nitrogens is 1. The molecule has 0 radical (unpaired) electrons. The van der Waals surface area contributed by atoms with E-state index in [0.29, 0.717) is 31.3 Å². The predicted octanol–water partition coefficient (Wildman–Crippen LogP) is 3.25. The van der Waals surface area contributed by atoms with Crippen LogP contribution in [0.5, 0.6) is 5.75 Å². The first-order valence-corrected chi connectivity index (χ1v) is 9.69. The summed E-state index contributed by atoms with van der Waals surface area (Å²) in [5.74, 6) is -1.61. The minimum Gasteiger partial charge on any atom is -0.507 e. The Morgan fingerprint density at radius 2 is 1.73 bits per heavy atom. The molecule has 0 saturated carbocycles. The zero-order valence-electron chi connectivity index (χ0n) is 15.7. The van der Waals surface area contributed by atoms with Crippen LogP contribution in [0.2, 0.25) is 5.02 Å². The van der Waals surface area contributed by atoms with Crippen LogP contribution < -0.4 is 10.3 Å².